The summed E-state index contributed by atoms with van der Waals surface area (Å²) in [5, 5.41) is 8.48. The highest BCUT2D eigenvalue weighted by Crippen LogP contribution is 2.24. The van der Waals surface area contributed by atoms with Crippen LogP contribution in [0.5, 0.6) is 0 Å². The summed E-state index contributed by atoms with van der Waals surface area (Å²) in [6.45, 7) is 7.85. The van der Waals surface area contributed by atoms with Crippen LogP contribution in [0.2, 0.25) is 0 Å². The first kappa shape index (κ1) is 23.1. The van der Waals surface area contributed by atoms with Gasteiger partial charge >= 0.3 is 0 Å². The van der Waals surface area contributed by atoms with E-state index in [2.05, 4.69) is 25.1 Å². The molecule has 7 nitrogen and oxygen atoms in total. The third-order valence-electron chi connectivity index (χ3n) is 7.67. The Morgan fingerprint density at radius 3 is 2.65 bits per heavy atom. The van der Waals surface area contributed by atoms with Gasteiger partial charge in [-0.15, -0.1) is 5.10 Å². The number of pyridine rings is 1. The van der Waals surface area contributed by atoms with Gasteiger partial charge in [0, 0.05) is 50.4 Å². The summed E-state index contributed by atoms with van der Waals surface area (Å²) in [5.41, 5.74) is 4.03. The minimum Gasteiger partial charge on any atom is -0.301 e. The molecule has 2 aliphatic rings. The average molecular weight is 461 g/mol. The summed E-state index contributed by atoms with van der Waals surface area (Å²) >= 11 is 0. The molecule has 1 aliphatic heterocycles. The van der Waals surface area contributed by atoms with Crippen LogP contribution in [0, 0.1) is 6.92 Å². The number of nitrogens with zero attached hydrogens (tertiary/aromatic N) is 6. The first-order valence-corrected chi connectivity index (χ1v) is 13.0. The van der Waals surface area contributed by atoms with Crippen molar-refractivity contribution in [1.29, 1.82) is 0 Å². The van der Waals surface area contributed by atoms with E-state index in [1.54, 1.807) is 10.9 Å². The Hall–Kier alpha value is -2.64. The van der Waals surface area contributed by atoms with E-state index in [1.807, 2.05) is 37.3 Å². The van der Waals surface area contributed by atoms with Crippen LogP contribution in [0.4, 0.5) is 0 Å². The number of hydrogen-bond donors (Lipinski definition) is 0. The maximum atomic E-state index is 13.0. The van der Waals surface area contributed by atoms with Gasteiger partial charge in [-0.3, -0.25) is 9.69 Å². The first-order valence-electron chi connectivity index (χ1n) is 13.0. The van der Waals surface area contributed by atoms with E-state index in [1.165, 1.54) is 58.3 Å². The van der Waals surface area contributed by atoms with Gasteiger partial charge in [0.1, 0.15) is 5.52 Å². The van der Waals surface area contributed by atoms with E-state index < -0.39 is 0 Å². The lowest BCUT2D eigenvalue weighted by molar-refractivity contribution is 0.0777. The second-order valence-corrected chi connectivity index (χ2v) is 9.85. The molecule has 0 atom stereocenters. The molecule has 2 fully saturated rings. The quantitative estimate of drug-likeness (QED) is 0.366. The lowest BCUT2D eigenvalue weighted by atomic mass is 9.94. The summed E-state index contributed by atoms with van der Waals surface area (Å²) in [5.74, 6) is 0.207. The molecule has 0 radical (unpaired) electrons. The van der Waals surface area contributed by atoms with E-state index in [0.717, 1.165) is 47.8 Å². The van der Waals surface area contributed by atoms with Crippen LogP contribution in [0.15, 0.2) is 36.5 Å². The maximum Gasteiger partial charge on any atom is 0.183 e. The SMILES string of the molecule is Cc1c(C(=O)CCCCN2CCN(C3CCCCC3)CC2)cccc1-n1nnc2cccnc21. The van der Waals surface area contributed by atoms with Gasteiger partial charge in [-0.05, 0) is 62.9 Å². The lowest BCUT2D eigenvalue weighted by Crippen LogP contribution is -2.50. The van der Waals surface area contributed by atoms with Crippen molar-refractivity contribution < 1.29 is 4.79 Å². The highest BCUT2D eigenvalue weighted by atomic mass is 16.1. The van der Waals surface area contributed by atoms with Gasteiger partial charge in [0.2, 0.25) is 0 Å². The zero-order chi connectivity index (χ0) is 23.3. The van der Waals surface area contributed by atoms with Crippen molar-refractivity contribution in [3.63, 3.8) is 0 Å². The van der Waals surface area contributed by atoms with Crippen LogP contribution in [0.1, 0.15) is 67.3 Å². The van der Waals surface area contributed by atoms with E-state index in [9.17, 15) is 4.79 Å². The molecule has 0 amide bonds. The number of carbonyl (C=O) groups is 1. The highest BCUT2D eigenvalue weighted by Gasteiger charge is 2.25. The zero-order valence-electron chi connectivity index (χ0n) is 20.3. The Bertz CT molecular complexity index is 1110. The molecule has 0 unspecified atom stereocenters. The molecular formula is C27H36N6O. The molecule has 1 aromatic carbocycles. The number of benzene rings is 1. The Morgan fingerprint density at radius 2 is 1.82 bits per heavy atom. The number of unbranched alkanes of at least 4 members (excludes halogenated alkanes) is 1. The summed E-state index contributed by atoms with van der Waals surface area (Å²) in [7, 11) is 0. The standard InChI is InChI=1S/C27H36N6O/c1-21-23(11-7-13-25(21)33-27-24(29-30-33)12-8-15-28-27)26(34)14-5-6-16-31-17-19-32(20-18-31)22-9-3-2-4-10-22/h7-8,11-13,15,22H,2-6,9-10,14,16-20H2,1H3. The van der Waals surface area contributed by atoms with E-state index in [0.29, 0.717) is 12.1 Å². The minimum absolute atomic E-state index is 0.207. The predicted molar refractivity (Wildman–Crippen MR) is 134 cm³/mol. The Kier molecular flexibility index (Phi) is 7.30. The van der Waals surface area contributed by atoms with Crippen molar-refractivity contribution in [3.05, 3.63) is 47.7 Å². The zero-order valence-corrected chi connectivity index (χ0v) is 20.3. The van der Waals surface area contributed by atoms with E-state index >= 15 is 0 Å². The molecule has 180 valence electrons. The monoisotopic (exact) mass is 460 g/mol. The van der Waals surface area contributed by atoms with Crippen molar-refractivity contribution in [2.45, 2.75) is 64.3 Å². The molecule has 1 saturated carbocycles. The van der Waals surface area contributed by atoms with Crippen LogP contribution in [0.3, 0.4) is 0 Å². The minimum atomic E-state index is 0.207. The fraction of sp³-hybridized carbons (Fsp3) is 0.556. The second kappa shape index (κ2) is 10.7. The molecule has 1 aliphatic carbocycles. The summed E-state index contributed by atoms with van der Waals surface area (Å²) < 4.78 is 1.73. The number of carbonyl (C=O) groups excluding carboxylic acids is 1. The molecule has 7 heteroatoms. The summed E-state index contributed by atoms with van der Waals surface area (Å²) in [6.07, 6.45) is 11.4. The van der Waals surface area contributed by atoms with Crippen molar-refractivity contribution in [2.75, 3.05) is 32.7 Å². The highest BCUT2D eigenvalue weighted by molar-refractivity contribution is 5.98. The molecule has 0 bridgehead atoms. The number of aromatic nitrogens is 4. The number of ketones is 1. The summed E-state index contributed by atoms with van der Waals surface area (Å²) in [4.78, 5) is 22.8. The maximum absolute atomic E-state index is 13.0. The number of piperazine rings is 1. The number of Topliss-reactive ketones (excluding diaryl/α,β-unsaturated/α-hetero) is 1. The summed E-state index contributed by atoms with van der Waals surface area (Å²) in [6, 6.07) is 10.4. The van der Waals surface area contributed by atoms with Gasteiger partial charge in [0.15, 0.2) is 11.4 Å². The average Bonchev–Trinajstić information content (AvgIpc) is 3.31. The normalized spacial score (nSPS) is 18.5. The molecule has 34 heavy (non-hydrogen) atoms. The molecule has 3 heterocycles. The molecule has 5 rings (SSSR count). The molecule has 2 aromatic heterocycles. The van der Waals surface area contributed by atoms with E-state index in [-0.39, 0.29) is 5.78 Å². The molecule has 0 spiro atoms. The molecule has 1 saturated heterocycles. The fourth-order valence-electron chi connectivity index (χ4n) is 5.64. The van der Waals surface area contributed by atoms with Crippen LogP contribution in [0.25, 0.3) is 16.9 Å². The number of hydrogen-bond acceptors (Lipinski definition) is 6. The molecule has 3 aromatic rings. The van der Waals surface area contributed by atoms with Crippen LogP contribution >= 0.6 is 0 Å². The van der Waals surface area contributed by atoms with Crippen LogP contribution < -0.4 is 0 Å². The van der Waals surface area contributed by atoms with Gasteiger partial charge in [-0.25, -0.2) is 4.98 Å². The lowest BCUT2D eigenvalue weighted by Gasteiger charge is -2.40. The number of rotatable bonds is 8. The molecule has 0 N–H and O–H groups in total. The third-order valence-corrected chi connectivity index (χ3v) is 7.67. The van der Waals surface area contributed by atoms with E-state index in [4.69, 9.17) is 0 Å². The first-order chi connectivity index (χ1) is 16.7. The van der Waals surface area contributed by atoms with Gasteiger partial charge in [0.05, 0.1) is 5.69 Å². The van der Waals surface area contributed by atoms with Gasteiger partial charge in [0.25, 0.3) is 0 Å². The Labute approximate surface area is 202 Å². The van der Waals surface area contributed by atoms with Crippen LogP contribution in [-0.4, -0.2) is 74.3 Å². The van der Waals surface area contributed by atoms with Crippen LogP contribution in [-0.2, 0) is 0 Å². The fourth-order valence-corrected chi connectivity index (χ4v) is 5.64. The Balaban J connectivity index is 1.11. The largest absolute Gasteiger partial charge is 0.301 e. The molecular weight excluding hydrogens is 424 g/mol. The number of fused-ring (bicyclic) bond motifs is 1. The van der Waals surface area contributed by atoms with Gasteiger partial charge < -0.3 is 4.90 Å². The topological polar surface area (TPSA) is 67.2 Å². The van der Waals surface area contributed by atoms with Gasteiger partial charge in [-0.1, -0.05) is 36.6 Å². The Morgan fingerprint density at radius 1 is 1.00 bits per heavy atom. The smallest absolute Gasteiger partial charge is 0.183 e. The van der Waals surface area contributed by atoms with Crippen molar-refractivity contribution >= 4 is 16.9 Å². The van der Waals surface area contributed by atoms with Crippen molar-refractivity contribution in [3.8, 4) is 5.69 Å². The van der Waals surface area contributed by atoms with Crippen molar-refractivity contribution in [1.82, 2.24) is 29.8 Å². The van der Waals surface area contributed by atoms with Crippen molar-refractivity contribution in [2.24, 2.45) is 0 Å². The third kappa shape index (κ3) is 5.05. The second-order valence-electron chi connectivity index (χ2n) is 9.85. The predicted octanol–water partition coefficient (Wildman–Crippen LogP) is 4.43. The van der Waals surface area contributed by atoms with Gasteiger partial charge in [-0.2, -0.15) is 4.68 Å².